The van der Waals surface area contributed by atoms with Crippen LogP contribution in [0.1, 0.15) is 0 Å². The van der Waals surface area contributed by atoms with Crippen molar-refractivity contribution in [2.24, 2.45) is 0 Å². The molecule has 0 bridgehead atoms. The van der Waals surface area contributed by atoms with Gasteiger partial charge in [0, 0.05) is 24.8 Å². The summed E-state index contributed by atoms with van der Waals surface area (Å²) in [6.07, 6.45) is 7.01. The molecule has 2 aromatic heterocycles. The third-order valence-electron chi connectivity index (χ3n) is 3.77. The molecular formula is C10H20N4O14P4. The Morgan fingerprint density at radius 2 is 0.844 bits per heavy atom. The first-order chi connectivity index (χ1) is 14.2. The molecule has 2 heterocycles. The minimum atomic E-state index is -5.41. The van der Waals surface area contributed by atoms with E-state index in [4.69, 9.17) is 39.1 Å². The lowest BCUT2D eigenvalue weighted by atomic mass is 10.6. The van der Waals surface area contributed by atoms with Crippen LogP contribution in [-0.4, -0.2) is 78.6 Å². The van der Waals surface area contributed by atoms with Crippen LogP contribution in [0.2, 0.25) is 0 Å². The molecule has 32 heavy (non-hydrogen) atoms. The highest BCUT2D eigenvalue weighted by Gasteiger charge is 2.60. The Balaban J connectivity index is 0.000000320. The predicted octanol–water partition coefficient (Wildman–Crippen LogP) is -2.23. The first-order valence-electron chi connectivity index (χ1n) is 7.74. The maximum absolute atomic E-state index is 10.9. The van der Waals surface area contributed by atoms with Crippen molar-refractivity contribution in [1.29, 1.82) is 0 Å². The quantitative estimate of drug-likeness (QED) is 0.157. The summed E-state index contributed by atoms with van der Waals surface area (Å²) < 4.78 is 45.7. The van der Waals surface area contributed by atoms with Gasteiger partial charge in [0.1, 0.15) is 0 Å². The van der Waals surface area contributed by atoms with E-state index >= 15 is 0 Å². The fourth-order valence-corrected chi connectivity index (χ4v) is 6.06. The zero-order valence-electron chi connectivity index (χ0n) is 15.6. The van der Waals surface area contributed by atoms with Gasteiger partial charge in [0.2, 0.25) is 0 Å². The molecule has 0 spiro atoms. The summed E-state index contributed by atoms with van der Waals surface area (Å²) in [6.45, 7) is -1.91. The molecule has 0 radical (unpaired) electrons. The Kier molecular flexibility index (Phi) is 8.75. The Morgan fingerprint density at radius 1 is 0.594 bits per heavy atom. The summed E-state index contributed by atoms with van der Waals surface area (Å²) in [6, 6.07) is 0. The molecule has 0 aliphatic heterocycles. The number of rotatable bonds is 8. The molecule has 10 N–H and O–H groups in total. The van der Waals surface area contributed by atoms with Crippen molar-refractivity contribution in [1.82, 2.24) is 19.1 Å². The number of aromatic nitrogens is 4. The first-order valence-corrected chi connectivity index (χ1v) is 14.2. The number of imidazole rings is 2. The maximum atomic E-state index is 10.9. The Morgan fingerprint density at radius 3 is 1.00 bits per heavy atom. The Bertz CT molecular complexity index is 933. The summed E-state index contributed by atoms with van der Waals surface area (Å²) in [7, 11) is -21.6. The van der Waals surface area contributed by atoms with Gasteiger partial charge in [-0.2, -0.15) is 0 Å². The maximum Gasteiger partial charge on any atom is 0.371 e. The van der Waals surface area contributed by atoms with Gasteiger partial charge in [-0.15, -0.1) is 0 Å². The lowest BCUT2D eigenvalue weighted by Crippen LogP contribution is -2.33. The third-order valence-corrected chi connectivity index (χ3v) is 11.2. The number of nitrogens with zero attached hydrogens (tertiary/aromatic N) is 4. The van der Waals surface area contributed by atoms with E-state index < -0.39 is 53.6 Å². The predicted molar refractivity (Wildman–Crippen MR) is 103 cm³/mol. The highest BCUT2D eigenvalue weighted by atomic mass is 31.2. The zero-order valence-corrected chi connectivity index (χ0v) is 19.1. The third kappa shape index (κ3) is 6.50. The molecule has 18 nitrogen and oxygen atoms in total. The largest absolute Gasteiger partial charge is 0.371 e. The summed E-state index contributed by atoms with van der Waals surface area (Å²) >= 11 is 0. The number of aliphatic hydroxyl groups is 2. The lowest BCUT2D eigenvalue weighted by Gasteiger charge is -2.29. The van der Waals surface area contributed by atoms with E-state index in [1.54, 1.807) is 0 Å². The van der Waals surface area contributed by atoms with Crippen LogP contribution in [0.4, 0.5) is 0 Å². The minimum Gasteiger partial charge on any atom is -0.366 e. The van der Waals surface area contributed by atoms with Crippen LogP contribution in [0.5, 0.6) is 0 Å². The molecular weight excluding hydrogens is 524 g/mol. The molecule has 0 aliphatic carbocycles. The molecule has 0 amide bonds. The van der Waals surface area contributed by atoms with E-state index in [2.05, 4.69) is 9.97 Å². The molecule has 0 fully saturated rings. The van der Waals surface area contributed by atoms with E-state index in [0.29, 0.717) is 0 Å². The van der Waals surface area contributed by atoms with Gasteiger partial charge in [-0.05, 0) is 0 Å². The van der Waals surface area contributed by atoms with Gasteiger partial charge in [-0.3, -0.25) is 18.3 Å². The smallest absolute Gasteiger partial charge is 0.366 e. The Labute approximate surface area is 178 Å². The first kappa shape index (κ1) is 29.0. The second kappa shape index (κ2) is 9.66. The molecule has 0 saturated heterocycles. The number of hydrogen-bond acceptors (Lipinski definition) is 8. The van der Waals surface area contributed by atoms with E-state index in [1.165, 1.54) is 24.8 Å². The normalized spacial score (nSPS) is 14.1. The summed E-state index contributed by atoms with van der Waals surface area (Å²) in [5.41, 5.74) is 0. The van der Waals surface area contributed by atoms with Gasteiger partial charge >= 0.3 is 30.4 Å². The average molecular weight is 544 g/mol. The van der Waals surface area contributed by atoms with Gasteiger partial charge < -0.3 is 58.5 Å². The molecule has 2 aromatic rings. The second-order valence-electron chi connectivity index (χ2n) is 6.19. The van der Waals surface area contributed by atoms with Crippen LogP contribution in [0.3, 0.4) is 0 Å². The molecule has 0 aromatic carbocycles. The summed E-state index contributed by atoms with van der Waals surface area (Å²) in [4.78, 5) is 77.5. The van der Waals surface area contributed by atoms with Crippen LogP contribution < -0.4 is 0 Å². The summed E-state index contributed by atoms with van der Waals surface area (Å²) in [5, 5.41) is 12.1. The van der Waals surface area contributed by atoms with Crippen molar-refractivity contribution in [2.75, 3.05) is 0 Å². The molecule has 0 unspecified atom stereocenters. The fraction of sp³-hybridized carbons (Fsp3) is 0.400. The second-order valence-corrected chi connectivity index (χ2v) is 14.2. The van der Waals surface area contributed by atoms with Gasteiger partial charge in [0.15, 0.2) is 0 Å². The van der Waals surface area contributed by atoms with Crippen molar-refractivity contribution in [3.05, 3.63) is 37.4 Å². The Hall–Kier alpha value is -1.06. The molecule has 184 valence electrons. The van der Waals surface area contributed by atoms with E-state index in [-0.39, 0.29) is 0 Å². The molecule has 22 heteroatoms. The molecule has 0 saturated carbocycles. The topological polar surface area (TPSA) is 306 Å². The minimum absolute atomic E-state index is 0.957. The van der Waals surface area contributed by atoms with Crippen LogP contribution in [-0.2, 0) is 31.3 Å². The van der Waals surface area contributed by atoms with Crippen molar-refractivity contribution in [3.8, 4) is 0 Å². The lowest BCUT2D eigenvalue weighted by molar-refractivity contribution is 0.115. The molecule has 2 rings (SSSR count). The zero-order chi connectivity index (χ0) is 25.2. The highest BCUT2D eigenvalue weighted by Crippen LogP contribution is 2.68. The molecule has 0 aliphatic rings. The van der Waals surface area contributed by atoms with Gasteiger partial charge in [-0.25, -0.2) is 9.97 Å². The SMILES string of the molecule is O=P(O)(O)C(O)(Cn1ccnc1)P(=O)(O)O.O=P(O)(O)C(O)(Cn1ccnc1)P(=O)(O)O. The van der Waals surface area contributed by atoms with Gasteiger partial charge in [0.05, 0.1) is 25.7 Å². The van der Waals surface area contributed by atoms with Crippen LogP contribution in [0.15, 0.2) is 37.4 Å². The van der Waals surface area contributed by atoms with Crippen LogP contribution >= 0.6 is 30.4 Å². The van der Waals surface area contributed by atoms with Crippen molar-refractivity contribution >= 4 is 30.4 Å². The van der Waals surface area contributed by atoms with E-state index in [9.17, 15) is 28.5 Å². The fourth-order valence-electron chi connectivity index (χ4n) is 1.96. The van der Waals surface area contributed by atoms with Crippen LogP contribution in [0.25, 0.3) is 0 Å². The van der Waals surface area contributed by atoms with Gasteiger partial charge in [-0.1, -0.05) is 0 Å². The van der Waals surface area contributed by atoms with Crippen LogP contribution in [0, 0.1) is 0 Å². The number of hydrogen-bond donors (Lipinski definition) is 10. The van der Waals surface area contributed by atoms with Crippen molar-refractivity contribution in [3.63, 3.8) is 0 Å². The standard InChI is InChI=1S/2C5H10N2O7P2/c2*8-5(15(9,10)11,16(12,13)14)3-7-2-1-6-4-7/h2*1-2,4,8H,3H2,(H2,9,10,11)(H2,12,13,14). The van der Waals surface area contributed by atoms with E-state index in [0.717, 1.165) is 21.8 Å². The van der Waals surface area contributed by atoms with Crippen molar-refractivity contribution in [2.45, 2.75) is 23.3 Å². The van der Waals surface area contributed by atoms with Gasteiger partial charge in [0.25, 0.3) is 10.2 Å². The molecule has 0 atom stereocenters. The average Bonchev–Trinajstić information content (AvgIpc) is 3.25. The highest BCUT2D eigenvalue weighted by molar-refractivity contribution is 7.72. The summed E-state index contributed by atoms with van der Waals surface area (Å²) in [5.74, 6) is 0. The van der Waals surface area contributed by atoms with E-state index in [1.807, 2.05) is 0 Å². The van der Waals surface area contributed by atoms with Crippen molar-refractivity contribution < 1.29 is 67.6 Å². The monoisotopic (exact) mass is 544 g/mol.